The molecular weight excluding hydrogens is 278 g/mol. The molecule has 0 spiro atoms. The van der Waals surface area contributed by atoms with E-state index in [0.717, 1.165) is 0 Å². The average Bonchev–Trinajstić information content (AvgIpc) is 3.08. The lowest BCUT2D eigenvalue weighted by Gasteiger charge is -2.29. The van der Waals surface area contributed by atoms with Gasteiger partial charge in [0, 0.05) is 12.0 Å². The van der Waals surface area contributed by atoms with Crippen LogP contribution in [0.3, 0.4) is 0 Å². The molecule has 1 aliphatic carbocycles. The summed E-state index contributed by atoms with van der Waals surface area (Å²) in [5.74, 6) is -0.590. The van der Waals surface area contributed by atoms with Crippen LogP contribution in [0.4, 0.5) is 0 Å². The molecule has 5 nitrogen and oxygen atoms in total. The van der Waals surface area contributed by atoms with E-state index in [2.05, 4.69) is 0 Å². The van der Waals surface area contributed by atoms with E-state index in [1.807, 2.05) is 12.2 Å². The Morgan fingerprint density at radius 3 is 2.60 bits per heavy atom. The minimum atomic E-state index is -3.69. The molecule has 6 heteroatoms. The summed E-state index contributed by atoms with van der Waals surface area (Å²) in [6, 6.07) is 7.18. The average molecular weight is 293 g/mol. The summed E-state index contributed by atoms with van der Waals surface area (Å²) in [4.78, 5) is 12.1. The Morgan fingerprint density at radius 1 is 1.25 bits per heavy atom. The van der Waals surface area contributed by atoms with Crippen molar-refractivity contribution in [2.24, 2.45) is 5.92 Å². The smallest absolute Gasteiger partial charge is 0.324 e. The quantitative estimate of drug-likeness (QED) is 0.620. The molecule has 106 valence electrons. The van der Waals surface area contributed by atoms with Crippen molar-refractivity contribution in [2.75, 3.05) is 7.11 Å². The topological polar surface area (TPSA) is 63.7 Å². The molecule has 2 bridgehead atoms. The van der Waals surface area contributed by atoms with Crippen molar-refractivity contribution in [3.05, 3.63) is 42.5 Å². The lowest BCUT2D eigenvalue weighted by molar-refractivity contribution is -0.145. The van der Waals surface area contributed by atoms with Crippen LogP contribution in [0.1, 0.15) is 6.42 Å². The number of methoxy groups -OCH3 is 1. The van der Waals surface area contributed by atoms with Gasteiger partial charge in [0.25, 0.3) is 0 Å². The van der Waals surface area contributed by atoms with Gasteiger partial charge in [-0.1, -0.05) is 30.4 Å². The molecule has 1 heterocycles. The van der Waals surface area contributed by atoms with Crippen LogP contribution < -0.4 is 0 Å². The Balaban J connectivity index is 2.04. The Hall–Kier alpha value is -1.66. The second-order valence-electron chi connectivity index (χ2n) is 4.97. The first-order valence-electron chi connectivity index (χ1n) is 6.40. The first-order chi connectivity index (χ1) is 9.55. The zero-order valence-electron chi connectivity index (χ0n) is 11.0. The summed E-state index contributed by atoms with van der Waals surface area (Å²) in [7, 11) is -2.41. The van der Waals surface area contributed by atoms with E-state index in [9.17, 15) is 13.2 Å². The van der Waals surface area contributed by atoms with Crippen molar-refractivity contribution in [1.82, 2.24) is 4.31 Å². The number of ether oxygens (including phenoxy) is 1. The van der Waals surface area contributed by atoms with Gasteiger partial charge in [-0.15, -0.1) is 0 Å². The highest BCUT2D eigenvalue weighted by atomic mass is 32.2. The normalized spacial score (nSPS) is 28.8. The number of carbonyl (C=O) groups is 1. The fourth-order valence-corrected chi connectivity index (χ4v) is 4.76. The number of sulfonamides is 1. The molecule has 3 rings (SSSR count). The predicted molar refractivity (Wildman–Crippen MR) is 72.3 cm³/mol. The van der Waals surface area contributed by atoms with E-state index in [4.69, 9.17) is 4.74 Å². The number of nitrogens with zero attached hydrogens (tertiary/aromatic N) is 1. The minimum Gasteiger partial charge on any atom is -0.468 e. The number of rotatable bonds is 3. The van der Waals surface area contributed by atoms with Gasteiger partial charge in [0.2, 0.25) is 10.0 Å². The number of fused-ring (bicyclic) bond motifs is 2. The zero-order chi connectivity index (χ0) is 14.3. The molecule has 20 heavy (non-hydrogen) atoms. The van der Waals surface area contributed by atoms with E-state index in [1.165, 1.54) is 11.4 Å². The maximum atomic E-state index is 12.7. The van der Waals surface area contributed by atoms with Gasteiger partial charge in [0.15, 0.2) is 0 Å². The zero-order valence-corrected chi connectivity index (χ0v) is 11.8. The molecule has 1 fully saturated rings. The van der Waals surface area contributed by atoms with Gasteiger partial charge < -0.3 is 4.74 Å². The molecule has 0 radical (unpaired) electrons. The Labute approximate surface area is 117 Å². The summed E-state index contributed by atoms with van der Waals surface area (Å²) in [6.07, 6.45) is 4.40. The van der Waals surface area contributed by atoms with Crippen LogP contribution in [-0.2, 0) is 19.6 Å². The molecule has 1 aliphatic heterocycles. The Bertz CT molecular complexity index is 653. The molecular formula is C14H15NO4S. The molecule has 1 unspecified atom stereocenters. The number of benzene rings is 1. The second kappa shape index (κ2) is 4.71. The van der Waals surface area contributed by atoms with Crippen LogP contribution in [0.25, 0.3) is 0 Å². The van der Waals surface area contributed by atoms with Crippen LogP contribution in [0.2, 0.25) is 0 Å². The van der Waals surface area contributed by atoms with Crippen LogP contribution >= 0.6 is 0 Å². The van der Waals surface area contributed by atoms with Crippen molar-refractivity contribution in [3.8, 4) is 0 Å². The third kappa shape index (κ3) is 1.87. The SMILES string of the molecule is COC(=O)C1[C@H]2C=C[C@H](C2)N1S(=O)(=O)c1ccccc1. The van der Waals surface area contributed by atoms with Gasteiger partial charge >= 0.3 is 5.97 Å². The lowest BCUT2D eigenvalue weighted by Crippen LogP contribution is -2.47. The van der Waals surface area contributed by atoms with Gasteiger partial charge in [-0.2, -0.15) is 4.31 Å². The largest absolute Gasteiger partial charge is 0.468 e. The minimum absolute atomic E-state index is 0.0917. The van der Waals surface area contributed by atoms with Crippen molar-refractivity contribution >= 4 is 16.0 Å². The van der Waals surface area contributed by atoms with E-state index >= 15 is 0 Å². The van der Waals surface area contributed by atoms with E-state index < -0.39 is 22.0 Å². The first-order valence-corrected chi connectivity index (χ1v) is 7.84. The van der Waals surface area contributed by atoms with Crippen molar-refractivity contribution in [1.29, 1.82) is 0 Å². The summed E-state index contributed by atoms with van der Waals surface area (Å²) < 4.78 is 31.5. The predicted octanol–water partition coefficient (Wildman–Crippen LogP) is 1.18. The van der Waals surface area contributed by atoms with Crippen LogP contribution in [0.15, 0.2) is 47.4 Å². The number of hydrogen-bond acceptors (Lipinski definition) is 4. The van der Waals surface area contributed by atoms with Crippen LogP contribution in [0.5, 0.6) is 0 Å². The van der Waals surface area contributed by atoms with Crippen molar-refractivity contribution in [3.63, 3.8) is 0 Å². The third-order valence-corrected chi connectivity index (χ3v) is 5.78. The van der Waals surface area contributed by atoms with Crippen molar-refractivity contribution < 1.29 is 17.9 Å². The second-order valence-corrected chi connectivity index (χ2v) is 6.81. The van der Waals surface area contributed by atoms with Crippen LogP contribution in [-0.4, -0.2) is 37.9 Å². The van der Waals surface area contributed by atoms with E-state index in [0.29, 0.717) is 6.42 Å². The summed E-state index contributed by atoms with van der Waals surface area (Å²) >= 11 is 0. The molecule has 0 aromatic heterocycles. The Kier molecular flexibility index (Phi) is 3.14. The monoisotopic (exact) mass is 293 g/mol. The molecule has 3 atom stereocenters. The molecule has 1 aromatic rings. The maximum Gasteiger partial charge on any atom is 0.324 e. The van der Waals surface area contributed by atoms with Gasteiger partial charge in [0.05, 0.1) is 12.0 Å². The Morgan fingerprint density at radius 2 is 1.95 bits per heavy atom. The maximum absolute atomic E-state index is 12.7. The van der Waals surface area contributed by atoms with Crippen molar-refractivity contribution in [2.45, 2.75) is 23.4 Å². The highest BCUT2D eigenvalue weighted by Gasteiger charge is 2.52. The molecule has 2 aliphatic rings. The van der Waals surface area contributed by atoms with Gasteiger partial charge in [-0.25, -0.2) is 8.42 Å². The third-order valence-electron chi connectivity index (χ3n) is 3.86. The van der Waals surface area contributed by atoms with E-state index in [-0.39, 0.29) is 16.9 Å². The molecule has 0 saturated carbocycles. The number of esters is 1. The molecule has 1 aromatic carbocycles. The standard InChI is InChI=1S/C14H15NO4S/c1-19-14(16)13-10-7-8-11(9-10)15(13)20(17,18)12-5-3-2-4-6-12/h2-8,10-11,13H,9H2,1H3/t10-,11+,13?/m0/s1. The molecule has 0 N–H and O–H groups in total. The molecule has 0 amide bonds. The fraction of sp³-hybridized carbons (Fsp3) is 0.357. The summed E-state index contributed by atoms with van der Waals surface area (Å²) in [5.41, 5.74) is 0. The highest BCUT2D eigenvalue weighted by molar-refractivity contribution is 7.89. The fourth-order valence-electron chi connectivity index (χ4n) is 2.97. The van der Waals surface area contributed by atoms with Gasteiger partial charge in [-0.05, 0) is 18.6 Å². The summed E-state index contributed by atoms with van der Waals surface area (Å²) in [6.45, 7) is 0. The molecule has 1 saturated heterocycles. The van der Waals surface area contributed by atoms with Gasteiger partial charge in [0.1, 0.15) is 6.04 Å². The number of hydrogen-bond donors (Lipinski definition) is 0. The van der Waals surface area contributed by atoms with E-state index in [1.54, 1.807) is 30.3 Å². The number of carbonyl (C=O) groups excluding carboxylic acids is 1. The first kappa shape index (κ1) is 13.3. The lowest BCUT2D eigenvalue weighted by atomic mass is 10.0. The van der Waals surface area contributed by atoms with Crippen LogP contribution in [0, 0.1) is 5.92 Å². The van der Waals surface area contributed by atoms with Gasteiger partial charge in [-0.3, -0.25) is 4.79 Å². The summed E-state index contributed by atoms with van der Waals surface area (Å²) in [5, 5.41) is 0. The highest BCUT2D eigenvalue weighted by Crippen LogP contribution is 2.41.